The zero-order valence-corrected chi connectivity index (χ0v) is 7.58. The third kappa shape index (κ3) is 2.20. The molecule has 4 heteroatoms. The second-order valence-corrected chi connectivity index (χ2v) is 3.70. The highest BCUT2D eigenvalue weighted by atomic mass is 16.4. The first-order valence-corrected chi connectivity index (χ1v) is 4.89. The maximum absolute atomic E-state index is 10.6. The van der Waals surface area contributed by atoms with Crippen molar-refractivity contribution in [3.63, 3.8) is 0 Å². The Kier molecular flexibility index (Phi) is 2.47. The number of nitrogens with one attached hydrogen (secondary N) is 1. The number of aromatic nitrogens is 2. The zero-order valence-electron chi connectivity index (χ0n) is 7.58. The summed E-state index contributed by atoms with van der Waals surface area (Å²) >= 11 is 0. The third-order valence-electron chi connectivity index (χ3n) is 2.72. The van der Waals surface area contributed by atoms with Crippen LogP contribution in [0.4, 0.5) is 0 Å². The lowest BCUT2D eigenvalue weighted by atomic mass is 10.0. The molecule has 1 aliphatic carbocycles. The second-order valence-electron chi connectivity index (χ2n) is 3.70. The van der Waals surface area contributed by atoms with Gasteiger partial charge in [-0.3, -0.25) is 0 Å². The van der Waals surface area contributed by atoms with Gasteiger partial charge in [-0.15, -0.1) is 5.10 Å². The molecule has 0 atom stereocenters. The van der Waals surface area contributed by atoms with E-state index in [2.05, 4.69) is 10.2 Å². The van der Waals surface area contributed by atoms with Crippen molar-refractivity contribution < 1.29 is 4.42 Å². The van der Waals surface area contributed by atoms with Crippen molar-refractivity contribution in [3.8, 4) is 0 Å². The Morgan fingerprint density at radius 2 is 2.23 bits per heavy atom. The van der Waals surface area contributed by atoms with Gasteiger partial charge in [-0.25, -0.2) is 9.89 Å². The van der Waals surface area contributed by atoms with Crippen LogP contribution in [-0.4, -0.2) is 10.2 Å². The monoisotopic (exact) mass is 182 g/mol. The molecule has 1 saturated carbocycles. The van der Waals surface area contributed by atoms with E-state index >= 15 is 0 Å². The Morgan fingerprint density at radius 1 is 1.46 bits per heavy atom. The molecule has 0 radical (unpaired) electrons. The summed E-state index contributed by atoms with van der Waals surface area (Å²) in [5, 5.41) is 6.04. The number of aryl methyl sites for hydroxylation is 1. The van der Waals surface area contributed by atoms with Crippen LogP contribution in [0.2, 0.25) is 0 Å². The average molecular weight is 182 g/mol. The van der Waals surface area contributed by atoms with Crippen molar-refractivity contribution in [2.24, 2.45) is 5.92 Å². The lowest BCUT2D eigenvalue weighted by Gasteiger charge is -2.04. The van der Waals surface area contributed by atoms with Crippen molar-refractivity contribution in [2.45, 2.75) is 38.5 Å². The van der Waals surface area contributed by atoms with Crippen LogP contribution in [0.3, 0.4) is 0 Å². The van der Waals surface area contributed by atoms with Gasteiger partial charge in [0.25, 0.3) is 0 Å². The molecule has 72 valence electrons. The molecule has 0 bridgehead atoms. The number of hydrogen-bond acceptors (Lipinski definition) is 3. The Hall–Kier alpha value is -1.06. The molecule has 1 heterocycles. The van der Waals surface area contributed by atoms with E-state index in [-0.39, 0.29) is 0 Å². The third-order valence-corrected chi connectivity index (χ3v) is 2.72. The molecule has 1 fully saturated rings. The van der Waals surface area contributed by atoms with Gasteiger partial charge in [-0.2, -0.15) is 0 Å². The van der Waals surface area contributed by atoms with E-state index in [9.17, 15) is 4.79 Å². The van der Waals surface area contributed by atoms with Crippen LogP contribution in [0.1, 0.15) is 38.0 Å². The summed E-state index contributed by atoms with van der Waals surface area (Å²) in [6, 6.07) is 0. The van der Waals surface area contributed by atoms with Gasteiger partial charge < -0.3 is 4.42 Å². The molecular formula is C9H14N2O2. The maximum Gasteiger partial charge on any atom is 0.434 e. The van der Waals surface area contributed by atoms with Gasteiger partial charge in [0.05, 0.1) is 0 Å². The minimum absolute atomic E-state index is 0.443. The average Bonchev–Trinajstić information content (AvgIpc) is 2.71. The molecule has 0 aromatic carbocycles. The number of nitrogens with zero attached hydrogens (tertiary/aromatic N) is 1. The highest BCUT2D eigenvalue weighted by Crippen LogP contribution is 2.28. The Bertz CT molecular complexity index is 309. The van der Waals surface area contributed by atoms with Crippen LogP contribution in [-0.2, 0) is 6.42 Å². The smallest absolute Gasteiger partial charge is 0.393 e. The lowest BCUT2D eigenvalue weighted by molar-refractivity contribution is 0.422. The molecule has 1 aliphatic rings. The molecule has 0 unspecified atom stereocenters. The standard InChI is InChI=1S/C9H14N2O2/c12-9-11-10-8(13-9)6-5-7-3-1-2-4-7/h7H,1-6H2,(H,11,12). The number of hydrogen-bond donors (Lipinski definition) is 1. The normalized spacial score (nSPS) is 18.2. The molecule has 1 N–H and O–H groups in total. The molecule has 13 heavy (non-hydrogen) atoms. The fourth-order valence-corrected chi connectivity index (χ4v) is 1.99. The van der Waals surface area contributed by atoms with Crippen LogP contribution in [0.5, 0.6) is 0 Å². The first-order chi connectivity index (χ1) is 6.34. The summed E-state index contributed by atoms with van der Waals surface area (Å²) in [7, 11) is 0. The number of H-pyrrole nitrogens is 1. The molecule has 0 aliphatic heterocycles. The second kappa shape index (κ2) is 3.77. The van der Waals surface area contributed by atoms with Gasteiger partial charge in [0.1, 0.15) is 0 Å². The van der Waals surface area contributed by atoms with E-state index in [1.807, 2.05) is 0 Å². The molecule has 0 saturated heterocycles. The lowest BCUT2D eigenvalue weighted by Crippen LogP contribution is -1.96. The van der Waals surface area contributed by atoms with Crippen LogP contribution < -0.4 is 5.76 Å². The Labute approximate surface area is 76.3 Å². The molecule has 4 nitrogen and oxygen atoms in total. The van der Waals surface area contributed by atoms with Crippen molar-refractivity contribution in [3.05, 3.63) is 16.4 Å². The first kappa shape index (κ1) is 8.53. The summed E-state index contributed by atoms with van der Waals surface area (Å²) < 4.78 is 4.82. The van der Waals surface area contributed by atoms with Crippen molar-refractivity contribution in [1.29, 1.82) is 0 Å². The fraction of sp³-hybridized carbons (Fsp3) is 0.778. The highest BCUT2D eigenvalue weighted by molar-refractivity contribution is 4.77. The first-order valence-electron chi connectivity index (χ1n) is 4.89. The Morgan fingerprint density at radius 3 is 2.85 bits per heavy atom. The molecule has 1 aromatic heterocycles. The quantitative estimate of drug-likeness (QED) is 0.770. The van der Waals surface area contributed by atoms with E-state index in [1.54, 1.807) is 0 Å². The largest absolute Gasteiger partial charge is 0.434 e. The van der Waals surface area contributed by atoms with E-state index in [0.29, 0.717) is 5.89 Å². The van der Waals surface area contributed by atoms with Crippen LogP contribution in [0, 0.1) is 5.92 Å². The molecular weight excluding hydrogens is 168 g/mol. The zero-order chi connectivity index (χ0) is 9.10. The SMILES string of the molecule is O=c1[nH]nc(CCC2CCCC2)o1. The molecule has 0 amide bonds. The minimum Gasteiger partial charge on any atom is -0.393 e. The van der Waals surface area contributed by atoms with Gasteiger partial charge in [0.15, 0.2) is 0 Å². The summed E-state index contributed by atoms with van der Waals surface area (Å²) in [4.78, 5) is 10.6. The van der Waals surface area contributed by atoms with Gasteiger partial charge in [0.2, 0.25) is 5.89 Å². The summed E-state index contributed by atoms with van der Waals surface area (Å²) in [5.41, 5.74) is 0. The molecule has 0 spiro atoms. The number of aromatic amines is 1. The van der Waals surface area contributed by atoms with Crippen LogP contribution in [0.25, 0.3) is 0 Å². The Balaban J connectivity index is 1.82. The highest BCUT2D eigenvalue weighted by Gasteiger charge is 2.15. The van der Waals surface area contributed by atoms with Gasteiger partial charge in [-0.1, -0.05) is 25.7 Å². The fourth-order valence-electron chi connectivity index (χ4n) is 1.99. The van der Waals surface area contributed by atoms with E-state index < -0.39 is 5.76 Å². The van der Waals surface area contributed by atoms with Gasteiger partial charge >= 0.3 is 5.76 Å². The van der Waals surface area contributed by atoms with Gasteiger partial charge in [0, 0.05) is 6.42 Å². The number of rotatable bonds is 3. The molecule has 2 rings (SSSR count). The van der Waals surface area contributed by atoms with Crippen molar-refractivity contribution >= 4 is 0 Å². The van der Waals surface area contributed by atoms with E-state index in [4.69, 9.17) is 4.42 Å². The summed E-state index contributed by atoms with van der Waals surface area (Å²) in [6.07, 6.45) is 7.27. The predicted octanol–water partition coefficient (Wildman–Crippen LogP) is 1.49. The van der Waals surface area contributed by atoms with Crippen molar-refractivity contribution in [2.75, 3.05) is 0 Å². The van der Waals surface area contributed by atoms with Crippen LogP contribution >= 0.6 is 0 Å². The van der Waals surface area contributed by atoms with Crippen LogP contribution in [0.15, 0.2) is 9.21 Å². The predicted molar refractivity (Wildman–Crippen MR) is 47.4 cm³/mol. The van der Waals surface area contributed by atoms with E-state index in [1.165, 1.54) is 25.7 Å². The molecule has 1 aromatic rings. The van der Waals surface area contributed by atoms with Gasteiger partial charge in [-0.05, 0) is 12.3 Å². The van der Waals surface area contributed by atoms with Crippen molar-refractivity contribution in [1.82, 2.24) is 10.2 Å². The summed E-state index contributed by atoms with van der Waals surface area (Å²) in [6.45, 7) is 0. The summed E-state index contributed by atoms with van der Waals surface area (Å²) in [5.74, 6) is 0.931. The maximum atomic E-state index is 10.6. The van der Waals surface area contributed by atoms with E-state index in [0.717, 1.165) is 18.8 Å². The topological polar surface area (TPSA) is 58.9 Å². The minimum atomic E-state index is -0.443.